The van der Waals surface area contributed by atoms with E-state index in [9.17, 15) is 0 Å². The molecule has 21 heavy (non-hydrogen) atoms. The molecule has 4 heteroatoms. The minimum Gasteiger partial charge on any atom is -0.454 e. The van der Waals surface area contributed by atoms with Crippen LogP contribution in [0, 0.1) is 5.92 Å². The highest BCUT2D eigenvalue weighted by Gasteiger charge is 2.30. The first-order valence-electron chi connectivity index (χ1n) is 8.02. The van der Waals surface area contributed by atoms with Gasteiger partial charge >= 0.3 is 0 Å². The molecule has 1 saturated carbocycles. The van der Waals surface area contributed by atoms with E-state index in [1.54, 1.807) is 0 Å². The predicted molar refractivity (Wildman–Crippen MR) is 83.5 cm³/mol. The molecule has 1 aliphatic heterocycles. The van der Waals surface area contributed by atoms with Crippen molar-refractivity contribution in [1.82, 2.24) is 4.90 Å². The molecule has 0 spiro atoms. The standard InChI is InChI=1S/C17H26N2O2/c1-12(13-7-8-16-17(9-13)21-11-20-16)19(2)15-6-4-3-5-14(15)10-18/h7-9,12,14-15H,3-6,10-11,18H2,1-2H3. The average molecular weight is 290 g/mol. The summed E-state index contributed by atoms with van der Waals surface area (Å²) in [6.45, 7) is 3.39. The summed E-state index contributed by atoms with van der Waals surface area (Å²) in [5.74, 6) is 2.35. The zero-order chi connectivity index (χ0) is 14.8. The van der Waals surface area contributed by atoms with Crippen LogP contribution in [0.1, 0.15) is 44.2 Å². The normalized spacial score (nSPS) is 26.1. The maximum atomic E-state index is 5.98. The van der Waals surface area contributed by atoms with Crippen molar-refractivity contribution < 1.29 is 9.47 Å². The van der Waals surface area contributed by atoms with Crippen molar-refractivity contribution in [3.63, 3.8) is 0 Å². The van der Waals surface area contributed by atoms with Crippen molar-refractivity contribution >= 4 is 0 Å². The third-order valence-corrected chi connectivity index (χ3v) is 5.18. The molecule has 0 saturated heterocycles. The molecule has 1 aliphatic carbocycles. The lowest BCUT2D eigenvalue weighted by Crippen LogP contribution is -2.44. The molecular weight excluding hydrogens is 264 g/mol. The van der Waals surface area contributed by atoms with Crippen LogP contribution in [-0.2, 0) is 0 Å². The van der Waals surface area contributed by atoms with Gasteiger partial charge in [0.15, 0.2) is 11.5 Å². The van der Waals surface area contributed by atoms with Crippen LogP contribution in [0.15, 0.2) is 18.2 Å². The highest BCUT2D eigenvalue weighted by atomic mass is 16.7. The zero-order valence-electron chi connectivity index (χ0n) is 13.0. The second-order valence-electron chi connectivity index (χ2n) is 6.30. The highest BCUT2D eigenvalue weighted by Crippen LogP contribution is 2.37. The number of hydrogen-bond acceptors (Lipinski definition) is 4. The molecule has 116 valence electrons. The van der Waals surface area contributed by atoms with Crippen LogP contribution >= 0.6 is 0 Å². The lowest BCUT2D eigenvalue weighted by molar-refractivity contribution is 0.0988. The summed E-state index contributed by atoms with van der Waals surface area (Å²) in [5.41, 5.74) is 7.26. The lowest BCUT2D eigenvalue weighted by Gasteiger charge is -2.40. The Bertz CT molecular complexity index is 492. The van der Waals surface area contributed by atoms with Gasteiger partial charge in [0.25, 0.3) is 0 Å². The monoisotopic (exact) mass is 290 g/mol. The van der Waals surface area contributed by atoms with Gasteiger partial charge in [0.05, 0.1) is 0 Å². The molecule has 0 aromatic heterocycles. The first kappa shape index (κ1) is 14.7. The molecule has 1 fully saturated rings. The van der Waals surface area contributed by atoms with Gasteiger partial charge in [-0.25, -0.2) is 0 Å². The van der Waals surface area contributed by atoms with E-state index in [-0.39, 0.29) is 0 Å². The highest BCUT2D eigenvalue weighted by molar-refractivity contribution is 5.45. The molecular formula is C17H26N2O2. The van der Waals surface area contributed by atoms with E-state index in [2.05, 4.69) is 31.0 Å². The average Bonchev–Trinajstić information content (AvgIpc) is 3.00. The molecule has 2 aliphatic rings. The fraction of sp³-hybridized carbons (Fsp3) is 0.647. The minimum absolute atomic E-state index is 0.334. The smallest absolute Gasteiger partial charge is 0.231 e. The van der Waals surface area contributed by atoms with Crippen LogP contribution in [0.2, 0.25) is 0 Å². The van der Waals surface area contributed by atoms with Crippen LogP contribution in [0.3, 0.4) is 0 Å². The maximum absolute atomic E-state index is 5.98. The number of nitrogens with zero attached hydrogens (tertiary/aromatic N) is 1. The van der Waals surface area contributed by atoms with Gasteiger partial charge in [-0.2, -0.15) is 0 Å². The first-order valence-corrected chi connectivity index (χ1v) is 8.02. The van der Waals surface area contributed by atoms with E-state index in [0.717, 1.165) is 18.0 Å². The number of hydrogen-bond donors (Lipinski definition) is 1. The predicted octanol–water partition coefficient (Wildman–Crippen LogP) is 2.93. The SMILES string of the molecule is CC(c1ccc2c(c1)OCO2)N(C)C1CCCCC1CN. The number of rotatable bonds is 4. The minimum atomic E-state index is 0.334. The fourth-order valence-electron chi connectivity index (χ4n) is 3.69. The molecule has 4 nitrogen and oxygen atoms in total. The van der Waals surface area contributed by atoms with E-state index >= 15 is 0 Å². The molecule has 3 rings (SSSR count). The molecule has 1 aromatic rings. The van der Waals surface area contributed by atoms with E-state index < -0.39 is 0 Å². The van der Waals surface area contributed by atoms with E-state index in [4.69, 9.17) is 15.2 Å². The molecule has 0 amide bonds. The Morgan fingerprint density at radius 2 is 2.00 bits per heavy atom. The van der Waals surface area contributed by atoms with Crippen molar-refractivity contribution in [2.24, 2.45) is 11.7 Å². The molecule has 0 bridgehead atoms. The third kappa shape index (κ3) is 2.87. The summed E-state index contributed by atoms with van der Waals surface area (Å²) in [6, 6.07) is 7.22. The Kier molecular flexibility index (Phi) is 4.36. The van der Waals surface area contributed by atoms with Crippen LogP contribution in [0.5, 0.6) is 11.5 Å². The van der Waals surface area contributed by atoms with Crippen molar-refractivity contribution in [3.05, 3.63) is 23.8 Å². The van der Waals surface area contributed by atoms with Gasteiger partial charge in [0.1, 0.15) is 0 Å². The number of benzene rings is 1. The van der Waals surface area contributed by atoms with E-state index in [1.165, 1.54) is 31.2 Å². The molecule has 1 heterocycles. The van der Waals surface area contributed by atoms with Crippen LogP contribution in [-0.4, -0.2) is 31.3 Å². The van der Waals surface area contributed by atoms with Gasteiger partial charge in [-0.1, -0.05) is 18.9 Å². The molecule has 3 unspecified atom stereocenters. The van der Waals surface area contributed by atoms with E-state index in [0.29, 0.717) is 24.8 Å². The van der Waals surface area contributed by atoms with Gasteiger partial charge in [-0.15, -0.1) is 0 Å². The Balaban J connectivity index is 1.75. The van der Waals surface area contributed by atoms with E-state index in [1.807, 2.05) is 6.07 Å². The molecule has 2 N–H and O–H groups in total. The Hall–Kier alpha value is -1.26. The summed E-state index contributed by atoms with van der Waals surface area (Å²) in [7, 11) is 2.23. The van der Waals surface area contributed by atoms with Crippen molar-refractivity contribution in [1.29, 1.82) is 0 Å². The molecule has 1 aromatic carbocycles. The molecule has 3 atom stereocenters. The summed E-state index contributed by atoms with van der Waals surface area (Å²) in [4.78, 5) is 2.49. The third-order valence-electron chi connectivity index (χ3n) is 5.18. The van der Waals surface area contributed by atoms with Crippen molar-refractivity contribution in [2.45, 2.75) is 44.7 Å². The first-order chi connectivity index (χ1) is 10.2. The Labute approximate surface area is 127 Å². The number of ether oxygens (including phenoxy) is 2. The van der Waals surface area contributed by atoms with Crippen LogP contribution in [0.4, 0.5) is 0 Å². The van der Waals surface area contributed by atoms with Gasteiger partial charge in [-0.05, 0) is 57.0 Å². The quantitative estimate of drug-likeness (QED) is 0.926. The topological polar surface area (TPSA) is 47.7 Å². The second kappa shape index (κ2) is 6.24. The lowest BCUT2D eigenvalue weighted by atomic mass is 9.83. The summed E-state index contributed by atoms with van der Waals surface area (Å²) in [5, 5.41) is 0. The van der Waals surface area contributed by atoms with Gasteiger partial charge in [0, 0.05) is 12.1 Å². The van der Waals surface area contributed by atoms with Crippen molar-refractivity contribution in [2.75, 3.05) is 20.4 Å². The van der Waals surface area contributed by atoms with Crippen molar-refractivity contribution in [3.8, 4) is 11.5 Å². The zero-order valence-corrected chi connectivity index (χ0v) is 13.0. The summed E-state index contributed by atoms with van der Waals surface area (Å²) in [6.07, 6.45) is 5.16. The Morgan fingerprint density at radius 1 is 1.24 bits per heavy atom. The summed E-state index contributed by atoms with van der Waals surface area (Å²) >= 11 is 0. The maximum Gasteiger partial charge on any atom is 0.231 e. The number of fused-ring (bicyclic) bond motifs is 1. The van der Waals surface area contributed by atoms with Gasteiger partial charge in [0.2, 0.25) is 6.79 Å². The van der Waals surface area contributed by atoms with Crippen LogP contribution < -0.4 is 15.2 Å². The fourth-order valence-corrected chi connectivity index (χ4v) is 3.69. The second-order valence-corrected chi connectivity index (χ2v) is 6.30. The molecule has 0 radical (unpaired) electrons. The Morgan fingerprint density at radius 3 is 2.81 bits per heavy atom. The largest absolute Gasteiger partial charge is 0.454 e. The van der Waals surface area contributed by atoms with Crippen LogP contribution in [0.25, 0.3) is 0 Å². The van der Waals surface area contributed by atoms with Gasteiger partial charge in [-0.3, -0.25) is 4.90 Å². The number of nitrogens with two attached hydrogens (primary N) is 1. The summed E-state index contributed by atoms with van der Waals surface area (Å²) < 4.78 is 10.9. The van der Waals surface area contributed by atoms with Gasteiger partial charge < -0.3 is 15.2 Å².